The monoisotopic (exact) mass is 685 g/mol. The van der Waals surface area contributed by atoms with Crippen LogP contribution in [0.4, 0.5) is 0 Å². The molecule has 7 atom stereocenters. The van der Waals surface area contributed by atoms with Gasteiger partial charge in [0.25, 0.3) is 0 Å². The van der Waals surface area contributed by atoms with Gasteiger partial charge in [-0.05, 0) is 58.6 Å². The highest BCUT2D eigenvalue weighted by atomic mass is 79.9. The summed E-state index contributed by atoms with van der Waals surface area (Å²) in [6.45, 7) is 8.13. The number of halogens is 1. The summed E-state index contributed by atoms with van der Waals surface area (Å²) >= 11 is 3.60. The lowest BCUT2D eigenvalue weighted by Crippen LogP contribution is -2.59. The average molecular weight is 687 g/mol. The van der Waals surface area contributed by atoms with E-state index in [9.17, 15) is 24.3 Å². The van der Waals surface area contributed by atoms with E-state index in [0.717, 1.165) is 5.56 Å². The van der Waals surface area contributed by atoms with Crippen molar-refractivity contribution in [3.8, 4) is 0 Å². The average Bonchev–Trinajstić information content (AvgIpc) is 3.59. The van der Waals surface area contributed by atoms with Crippen LogP contribution in [0.2, 0.25) is 0 Å². The number of rotatable bonds is 5. The Morgan fingerprint density at radius 1 is 1.02 bits per heavy atom. The molecule has 10 nitrogen and oxygen atoms in total. The van der Waals surface area contributed by atoms with E-state index in [2.05, 4.69) is 15.9 Å². The topological polar surface area (TPSA) is 117 Å². The Kier molecular flexibility index (Phi) is 9.63. The Morgan fingerprint density at radius 2 is 1.73 bits per heavy atom. The SMILES string of the molecule is C[C@@H]1[C@@H](c2ccccc2)OC(=O)[C@@H]2[C@H]3O[C@@]4(C=C3Br)[C@H](C(=O)N(C(C)(C)C)C/C=C\CCC(=O)N1C)N(CCCCO)C(=O)[C@@H]24. The van der Waals surface area contributed by atoms with E-state index in [-0.39, 0.29) is 43.8 Å². The number of carbonyl (C=O) groups excluding carboxylic acids is 4. The molecule has 0 aliphatic carbocycles. The molecule has 0 saturated carbocycles. The highest BCUT2D eigenvalue weighted by Crippen LogP contribution is 2.59. The van der Waals surface area contributed by atoms with Gasteiger partial charge in [-0.3, -0.25) is 19.2 Å². The Hall–Kier alpha value is -3.02. The van der Waals surface area contributed by atoms with Crippen molar-refractivity contribution >= 4 is 39.6 Å². The van der Waals surface area contributed by atoms with Crippen molar-refractivity contribution in [1.29, 1.82) is 0 Å². The lowest BCUT2D eigenvalue weighted by Gasteiger charge is -2.41. The number of carbonyl (C=O) groups is 4. The molecule has 244 valence electrons. The molecular formula is C34H44BrN3O7. The summed E-state index contributed by atoms with van der Waals surface area (Å²) in [4.78, 5) is 61.5. The summed E-state index contributed by atoms with van der Waals surface area (Å²) in [7, 11) is 1.71. The second kappa shape index (κ2) is 13.0. The molecule has 1 aromatic rings. The van der Waals surface area contributed by atoms with Gasteiger partial charge in [0.15, 0.2) is 0 Å². The molecule has 0 aromatic heterocycles. The Morgan fingerprint density at radius 3 is 2.40 bits per heavy atom. The number of cyclic esters (lactones) is 1. The highest BCUT2D eigenvalue weighted by molar-refractivity contribution is 9.11. The first-order valence-electron chi connectivity index (χ1n) is 15.8. The molecule has 4 aliphatic heterocycles. The Balaban J connectivity index is 1.63. The number of aliphatic hydroxyl groups excluding tert-OH is 1. The Bertz CT molecular complexity index is 1380. The first-order valence-corrected chi connectivity index (χ1v) is 16.6. The summed E-state index contributed by atoms with van der Waals surface area (Å²) in [5.74, 6) is -3.32. The lowest BCUT2D eigenvalue weighted by molar-refractivity contribution is -0.164. The lowest BCUT2D eigenvalue weighted by atomic mass is 9.74. The number of fused-ring (bicyclic) bond motifs is 2. The van der Waals surface area contributed by atoms with Crippen LogP contribution in [-0.4, -0.2) is 99.6 Å². The number of allylic oxidation sites excluding steroid dienone is 1. The quantitative estimate of drug-likeness (QED) is 0.285. The summed E-state index contributed by atoms with van der Waals surface area (Å²) in [5.41, 5.74) is -1.26. The molecule has 5 rings (SSSR count). The van der Waals surface area contributed by atoms with Crippen molar-refractivity contribution in [1.82, 2.24) is 14.7 Å². The number of ether oxygens (including phenoxy) is 2. The molecule has 3 amide bonds. The van der Waals surface area contributed by atoms with E-state index in [1.807, 2.05) is 70.2 Å². The van der Waals surface area contributed by atoms with Crippen LogP contribution < -0.4 is 0 Å². The van der Waals surface area contributed by atoms with Gasteiger partial charge in [-0.15, -0.1) is 0 Å². The molecule has 1 spiro atoms. The third-order valence-corrected chi connectivity index (χ3v) is 10.3. The molecule has 45 heavy (non-hydrogen) atoms. The first kappa shape index (κ1) is 33.3. The van der Waals surface area contributed by atoms with Crippen LogP contribution in [0.3, 0.4) is 0 Å². The second-order valence-corrected chi connectivity index (χ2v) is 14.3. The maximum atomic E-state index is 14.7. The zero-order valence-corrected chi connectivity index (χ0v) is 28.2. The van der Waals surface area contributed by atoms with E-state index in [0.29, 0.717) is 23.7 Å². The van der Waals surface area contributed by atoms with E-state index in [1.165, 1.54) is 0 Å². The summed E-state index contributed by atoms with van der Waals surface area (Å²) in [6, 6.07) is 7.76. The molecule has 4 heterocycles. The van der Waals surface area contributed by atoms with Crippen molar-refractivity contribution in [3.05, 3.63) is 58.6 Å². The number of amides is 3. The van der Waals surface area contributed by atoms with Crippen LogP contribution in [0.5, 0.6) is 0 Å². The maximum absolute atomic E-state index is 14.7. The molecule has 11 heteroatoms. The van der Waals surface area contributed by atoms with Crippen LogP contribution in [0.1, 0.15) is 65.0 Å². The van der Waals surface area contributed by atoms with Gasteiger partial charge >= 0.3 is 5.97 Å². The van der Waals surface area contributed by atoms with E-state index in [1.54, 1.807) is 27.8 Å². The number of hydrogen-bond donors (Lipinski definition) is 1. The standard InChI is InChI=1S/C34H44BrN3O7/c1-21-27(22-14-8-6-9-15-22)44-32(43)25-26-30(41)37(17-12-13-19-39)29(34(26)20-23(35)28(25)45-34)31(42)38(33(2,3)4)18-11-7-10-16-24(40)36(21)5/h6-9,11,14-15,20-21,25-29,39H,10,12-13,16-19H2,1-5H3/b11-7-/t21-,25+,26-,27+,28+,29+,34-/m1/s1. The van der Waals surface area contributed by atoms with Crippen LogP contribution in [0.15, 0.2) is 53.0 Å². The number of nitrogens with zero attached hydrogens (tertiary/aromatic N) is 3. The van der Waals surface area contributed by atoms with Gasteiger partial charge in [-0.2, -0.15) is 0 Å². The fourth-order valence-corrected chi connectivity index (χ4v) is 7.88. The van der Waals surface area contributed by atoms with Gasteiger partial charge < -0.3 is 29.3 Å². The third-order valence-electron chi connectivity index (χ3n) is 9.61. The molecule has 4 aliphatic rings. The van der Waals surface area contributed by atoms with Crippen molar-refractivity contribution in [2.45, 2.75) is 88.8 Å². The number of benzene rings is 1. The van der Waals surface area contributed by atoms with E-state index < -0.39 is 53.2 Å². The number of aliphatic hydroxyl groups is 1. The number of likely N-dealkylation sites (N-methyl/N-ethyl adjacent to an activating group) is 1. The third kappa shape index (κ3) is 5.99. The van der Waals surface area contributed by atoms with Gasteiger partial charge in [0.1, 0.15) is 29.8 Å². The van der Waals surface area contributed by atoms with Crippen molar-refractivity contribution in [2.75, 3.05) is 26.7 Å². The van der Waals surface area contributed by atoms with Crippen molar-refractivity contribution in [2.24, 2.45) is 11.8 Å². The molecule has 2 fully saturated rings. The molecule has 2 saturated heterocycles. The maximum Gasteiger partial charge on any atom is 0.313 e. The predicted molar refractivity (Wildman–Crippen MR) is 171 cm³/mol. The summed E-state index contributed by atoms with van der Waals surface area (Å²) < 4.78 is 13.5. The minimum atomic E-state index is -1.37. The van der Waals surface area contributed by atoms with Gasteiger partial charge in [0, 0.05) is 43.2 Å². The number of esters is 1. The minimum Gasteiger partial charge on any atom is -0.455 e. The molecule has 5 bridgehead atoms. The molecule has 0 radical (unpaired) electrons. The van der Waals surface area contributed by atoms with E-state index in [4.69, 9.17) is 9.47 Å². The van der Waals surface area contributed by atoms with E-state index >= 15 is 0 Å². The number of unbranched alkanes of at least 4 members (excludes halogenated alkanes) is 1. The largest absolute Gasteiger partial charge is 0.455 e. The fourth-order valence-electron chi connectivity index (χ4n) is 7.14. The molecular weight excluding hydrogens is 642 g/mol. The summed E-state index contributed by atoms with van der Waals surface area (Å²) in [6.07, 6.45) is 5.67. The zero-order valence-electron chi connectivity index (χ0n) is 26.6. The van der Waals surface area contributed by atoms with Crippen molar-refractivity contribution in [3.63, 3.8) is 0 Å². The summed E-state index contributed by atoms with van der Waals surface area (Å²) in [5, 5.41) is 9.48. The van der Waals surface area contributed by atoms with Crippen LogP contribution in [-0.2, 0) is 28.7 Å². The molecule has 1 aromatic carbocycles. The van der Waals surface area contributed by atoms with Crippen molar-refractivity contribution < 1.29 is 33.8 Å². The van der Waals surface area contributed by atoms with Crippen LogP contribution in [0, 0.1) is 11.8 Å². The van der Waals surface area contributed by atoms with Gasteiger partial charge in [0.2, 0.25) is 17.7 Å². The molecule has 0 unspecified atom stereocenters. The normalized spacial score (nSPS) is 33.4. The molecule has 1 N–H and O–H groups in total. The Labute approximate surface area is 273 Å². The highest BCUT2D eigenvalue weighted by Gasteiger charge is 2.75. The fraction of sp³-hybridized carbons (Fsp3) is 0.588. The zero-order chi connectivity index (χ0) is 32.7. The van der Waals surface area contributed by atoms with Crippen LogP contribution in [0.25, 0.3) is 0 Å². The number of likely N-dealkylation sites (tertiary alicyclic amines) is 1. The second-order valence-electron chi connectivity index (χ2n) is 13.4. The predicted octanol–water partition coefficient (Wildman–Crippen LogP) is 3.74. The van der Waals surface area contributed by atoms with Gasteiger partial charge in [-0.25, -0.2) is 0 Å². The number of hydrogen-bond acceptors (Lipinski definition) is 7. The smallest absolute Gasteiger partial charge is 0.313 e. The minimum absolute atomic E-state index is 0.0386. The van der Waals surface area contributed by atoms with Crippen LogP contribution >= 0.6 is 15.9 Å². The van der Waals surface area contributed by atoms with Gasteiger partial charge in [-0.1, -0.05) is 58.4 Å². The first-order chi connectivity index (χ1) is 21.3. The van der Waals surface area contributed by atoms with Gasteiger partial charge in [0.05, 0.1) is 12.0 Å².